The Labute approximate surface area is 88.9 Å². The van der Waals surface area contributed by atoms with E-state index in [0.717, 1.165) is 24.0 Å². The van der Waals surface area contributed by atoms with Crippen molar-refractivity contribution in [1.82, 2.24) is 0 Å². The maximum absolute atomic E-state index is 11.1. The predicted octanol–water partition coefficient (Wildman–Crippen LogP) is 1.44. The van der Waals surface area contributed by atoms with Crippen LogP contribution in [0.2, 0.25) is 0 Å². The number of fused-ring (bicyclic) bond motifs is 1. The first-order valence-corrected chi connectivity index (χ1v) is 5.17. The highest BCUT2D eigenvalue weighted by molar-refractivity contribution is 5.78. The molecule has 0 amide bonds. The summed E-state index contributed by atoms with van der Waals surface area (Å²) in [5.74, 6) is -1.35. The van der Waals surface area contributed by atoms with Crippen molar-refractivity contribution in [3.63, 3.8) is 0 Å². The van der Waals surface area contributed by atoms with E-state index in [2.05, 4.69) is 6.07 Å². The van der Waals surface area contributed by atoms with Crippen LogP contribution in [0.15, 0.2) is 18.2 Å². The van der Waals surface area contributed by atoms with E-state index in [-0.39, 0.29) is 6.04 Å². The molecule has 3 nitrogen and oxygen atoms in total. The van der Waals surface area contributed by atoms with Crippen LogP contribution in [0.25, 0.3) is 0 Å². The molecule has 0 aliphatic heterocycles. The van der Waals surface area contributed by atoms with Crippen LogP contribution in [0.4, 0.5) is 0 Å². The van der Waals surface area contributed by atoms with Crippen LogP contribution in [-0.2, 0) is 11.2 Å². The molecule has 80 valence electrons. The first-order valence-electron chi connectivity index (χ1n) is 5.17. The van der Waals surface area contributed by atoms with Crippen molar-refractivity contribution in [3.8, 4) is 0 Å². The third-order valence-electron chi connectivity index (χ3n) is 3.07. The van der Waals surface area contributed by atoms with E-state index >= 15 is 0 Å². The van der Waals surface area contributed by atoms with Crippen molar-refractivity contribution in [2.24, 2.45) is 5.73 Å². The van der Waals surface area contributed by atoms with Gasteiger partial charge in [-0.05, 0) is 30.9 Å². The number of carboxylic acids is 1. The summed E-state index contributed by atoms with van der Waals surface area (Å²) >= 11 is 0. The fourth-order valence-corrected chi connectivity index (χ4v) is 2.29. The first kappa shape index (κ1) is 10.2. The van der Waals surface area contributed by atoms with Crippen LogP contribution >= 0.6 is 0 Å². The van der Waals surface area contributed by atoms with Gasteiger partial charge in [0.1, 0.15) is 0 Å². The third kappa shape index (κ3) is 1.75. The van der Waals surface area contributed by atoms with Gasteiger partial charge >= 0.3 is 5.97 Å². The number of benzene rings is 1. The lowest BCUT2D eigenvalue weighted by Crippen LogP contribution is -2.37. The van der Waals surface area contributed by atoms with E-state index in [4.69, 9.17) is 10.8 Å². The van der Waals surface area contributed by atoms with E-state index in [1.807, 2.05) is 19.1 Å². The molecule has 0 fully saturated rings. The van der Waals surface area contributed by atoms with Crippen LogP contribution in [0.3, 0.4) is 0 Å². The molecular formula is C12H15NO2. The SMILES string of the molecule is Cc1ccc2c(c1)CCC(N)C2C(=O)O. The lowest BCUT2D eigenvalue weighted by Gasteiger charge is -2.28. The van der Waals surface area contributed by atoms with Gasteiger partial charge < -0.3 is 10.8 Å². The van der Waals surface area contributed by atoms with Gasteiger partial charge in [0.05, 0.1) is 5.92 Å². The minimum atomic E-state index is -0.813. The number of aryl methyl sites for hydroxylation is 2. The van der Waals surface area contributed by atoms with Gasteiger partial charge in [-0.1, -0.05) is 23.8 Å². The fraction of sp³-hybridized carbons (Fsp3) is 0.417. The van der Waals surface area contributed by atoms with Gasteiger partial charge in [0, 0.05) is 6.04 Å². The molecule has 1 aliphatic rings. The van der Waals surface area contributed by atoms with Gasteiger partial charge in [0.15, 0.2) is 0 Å². The highest BCUT2D eigenvalue weighted by Gasteiger charge is 2.32. The Morgan fingerprint density at radius 3 is 2.93 bits per heavy atom. The third-order valence-corrected chi connectivity index (χ3v) is 3.07. The highest BCUT2D eigenvalue weighted by Crippen LogP contribution is 2.31. The Kier molecular flexibility index (Phi) is 2.49. The summed E-state index contributed by atoms with van der Waals surface area (Å²) in [4.78, 5) is 11.1. The molecule has 0 heterocycles. The molecule has 0 radical (unpaired) electrons. The second-order valence-corrected chi connectivity index (χ2v) is 4.22. The number of hydrogen-bond donors (Lipinski definition) is 2. The Balaban J connectivity index is 2.48. The molecule has 15 heavy (non-hydrogen) atoms. The molecule has 1 aliphatic carbocycles. The first-order chi connectivity index (χ1) is 7.09. The van der Waals surface area contributed by atoms with Crippen LogP contribution in [0.1, 0.15) is 29.0 Å². The minimum Gasteiger partial charge on any atom is -0.481 e. The molecule has 3 heteroatoms. The number of hydrogen-bond acceptors (Lipinski definition) is 2. The zero-order valence-corrected chi connectivity index (χ0v) is 8.73. The molecule has 0 spiro atoms. The maximum atomic E-state index is 11.1. The molecule has 0 saturated carbocycles. The van der Waals surface area contributed by atoms with Crippen molar-refractivity contribution in [2.75, 3.05) is 0 Å². The molecular weight excluding hydrogens is 190 g/mol. The summed E-state index contributed by atoms with van der Waals surface area (Å²) in [6, 6.07) is 5.67. The summed E-state index contributed by atoms with van der Waals surface area (Å²) in [7, 11) is 0. The number of rotatable bonds is 1. The van der Waals surface area contributed by atoms with Gasteiger partial charge in [0.25, 0.3) is 0 Å². The molecule has 1 aromatic rings. The van der Waals surface area contributed by atoms with Crippen LogP contribution < -0.4 is 5.73 Å². The fourth-order valence-electron chi connectivity index (χ4n) is 2.29. The van der Waals surface area contributed by atoms with Crippen molar-refractivity contribution >= 4 is 5.97 Å². The molecule has 2 unspecified atom stereocenters. The molecule has 0 aromatic heterocycles. The summed E-state index contributed by atoms with van der Waals surface area (Å²) in [6.45, 7) is 2.02. The van der Waals surface area contributed by atoms with Crippen molar-refractivity contribution in [1.29, 1.82) is 0 Å². The molecule has 2 atom stereocenters. The number of aliphatic carboxylic acids is 1. The van der Waals surface area contributed by atoms with Gasteiger partial charge in [0.2, 0.25) is 0 Å². The second-order valence-electron chi connectivity index (χ2n) is 4.22. The van der Waals surface area contributed by atoms with Crippen LogP contribution in [-0.4, -0.2) is 17.1 Å². The largest absolute Gasteiger partial charge is 0.481 e. The summed E-state index contributed by atoms with van der Waals surface area (Å²) in [5, 5.41) is 9.14. The van der Waals surface area contributed by atoms with Gasteiger partial charge in [-0.3, -0.25) is 4.79 Å². The molecule has 1 aromatic carbocycles. The maximum Gasteiger partial charge on any atom is 0.312 e. The summed E-state index contributed by atoms with van der Waals surface area (Å²) < 4.78 is 0. The van der Waals surface area contributed by atoms with Crippen molar-refractivity contribution in [3.05, 3.63) is 34.9 Å². The van der Waals surface area contributed by atoms with E-state index in [9.17, 15) is 4.79 Å². The zero-order valence-electron chi connectivity index (χ0n) is 8.73. The average Bonchev–Trinajstić information content (AvgIpc) is 2.17. The Hall–Kier alpha value is -1.35. The predicted molar refractivity (Wildman–Crippen MR) is 57.9 cm³/mol. The topological polar surface area (TPSA) is 63.3 Å². The quantitative estimate of drug-likeness (QED) is 0.729. The van der Waals surface area contributed by atoms with E-state index in [1.54, 1.807) is 0 Å². The van der Waals surface area contributed by atoms with E-state index < -0.39 is 11.9 Å². The molecule has 2 rings (SSSR count). The normalized spacial score (nSPS) is 24.7. The second kappa shape index (κ2) is 3.66. The molecule has 3 N–H and O–H groups in total. The average molecular weight is 205 g/mol. The highest BCUT2D eigenvalue weighted by atomic mass is 16.4. The van der Waals surface area contributed by atoms with E-state index in [0.29, 0.717) is 0 Å². The lowest BCUT2D eigenvalue weighted by atomic mass is 9.79. The number of carbonyl (C=O) groups is 1. The van der Waals surface area contributed by atoms with Crippen LogP contribution in [0.5, 0.6) is 0 Å². The lowest BCUT2D eigenvalue weighted by molar-refractivity contribution is -0.139. The summed E-state index contributed by atoms with van der Waals surface area (Å²) in [6.07, 6.45) is 1.65. The smallest absolute Gasteiger partial charge is 0.312 e. The Morgan fingerprint density at radius 2 is 2.27 bits per heavy atom. The molecule has 0 saturated heterocycles. The number of carboxylic acid groups (broad SMARTS) is 1. The Bertz CT molecular complexity index is 401. The molecule has 0 bridgehead atoms. The van der Waals surface area contributed by atoms with Gasteiger partial charge in [-0.25, -0.2) is 0 Å². The van der Waals surface area contributed by atoms with Crippen molar-refractivity contribution < 1.29 is 9.90 Å². The summed E-state index contributed by atoms with van der Waals surface area (Å²) in [5.41, 5.74) is 9.06. The van der Waals surface area contributed by atoms with Crippen LogP contribution in [0, 0.1) is 6.92 Å². The standard InChI is InChI=1S/C12H15NO2/c1-7-2-4-9-8(6-7)3-5-10(13)11(9)12(14)15/h2,4,6,10-11H,3,5,13H2,1H3,(H,14,15). The van der Waals surface area contributed by atoms with E-state index in [1.165, 1.54) is 5.56 Å². The zero-order chi connectivity index (χ0) is 11.0. The monoisotopic (exact) mass is 205 g/mol. The number of nitrogens with two attached hydrogens (primary N) is 1. The van der Waals surface area contributed by atoms with Gasteiger partial charge in [-0.2, -0.15) is 0 Å². The minimum absolute atomic E-state index is 0.252. The Morgan fingerprint density at radius 1 is 1.53 bits per heavy atom. The van der Waals surface area contributed by atoms with Crippen molar-refractivity contribution in [2.45, 2.75) is 31.7 Å². The van der Waals surface area contributed by atoms with Gasteiger partial charge in [-0.15, -0.1) is 0 Å².